The molecule has 0 aromatic rings. The van der Waals surface area contributed by atoms with Gasteiger partial charge in [0.2, 0.25) is 0 Å². The van der Waals surface area contributed by atoms with Crippen LogP contribution in [0.4, 0.5) is 0 Å². The number of carbonyl (C=O) groups excluding carboxylic acids is 1. The van der Waals surface area contributed by atoms with Gasteiger partial charge in [-0.05, 0) is 0 Å². The van der Waals surface area contributed by atoms with E-state index in [1.807, 2.05) is 0 Å². The lowest BCUT2D eigenvalue weighted by Crippen LogP contribution is -2.47. The first kappa shape index (κ1) is 11.4. The number of primary amides is 1. The van der Waals surface area contributed by atoms with Crippen molar-refractivity contribution < 1.29 is 29.7 Å². The van der Waals surface area contributed by atoms with E-state index in [0.717, 1.165) is 0 Å². The third-order valence-corrected chi connectivity index (χ3v) is 1.35. The number of hydrogen-bond acceptors (Lipinski definition) is 4. The highest BCUT2D eigenvalue weighted by Crippen LogP contribution is 2.14. The molecule has 0 saturated heterocycles. The van der Waals surface area contributed by atoms with Gasteiger partial charge in [-0.15, -0.1) is 0 Å². The van der Waals surface area contributed by atoms with Crippen LogP contribution in [0.25, 0.3) is 0 Å². The lowest BCUT2D eigenvalue weighted by molar-refractivity contribution is -0.157. The molecule has 13 heavy (non-hydrogen) atoms. The van der Waals surface area contributed by atoms with E-state index in [2.05, 4.69) is 5.73 Å². The van der Waals surface area contributed by atoms with Gasteiger partial charge in [-0.25, -0.2) is 0 Å². The fourth-order valence-electron chi connectivity index (χ4n) is 0.737. The minimum atomic E-state index is -2.52. The highest BCUT2D eigenvalue weighted by Gasteiger charge is 2.38. The molecule has 0 fully saturated rings. The van der Waals surface area contributed by atoms with Crippen molar-refractivity contribution in [3.8, 4) is 0 Å². The Balaban J connectivity index is 4.62. The molecule has 0 radical (unpaired) electrons. The number of aliphatic hydroxyl groups is 1. The van der Waals surface area contributed by atoms with E-state index in [1.165, 1.54) is 0 Å². The fourth-order valence-corrected chi connectivity index (χ4v) is 0.737. The largest absolute Gasteiger partial charge is 0.481 e. The summed E-state index contributed by atoms with van der Waals surface area (Å²) < 4.78 is 0. The van der Waals surface area contributed by atoms with Gasteiger partial charge in [0.15, 0.2) is 5.60 Å². The van der Waals surface area contributed by atoms with E-state index < -0.39 is 36.3 Å². The van der Waals surface area contributed by atoms with E-state index in [1.54, 1.807) is 0 Å². The van der Waals surface area contributed by atoms with Crippen LogP contribution in [0.15, 0.2) is 0 Å². The third-order valence-electron chi connectivity index (χ3n) is 1.35. The molecule has 0 unspecified atom stereocenters. The van der Waals surface area contributed by atoms with Crippen molar-refractivity contribution in [2.24, 2.45) is 5.73 Å². The summed E-state index contributed by atoms with van der Waals surface area (Å²) in [5.74, 6) is -4.36. The van der Waals surface area contributed by atoms with Crippen molar-refractivity contribution in [2.45, 2.75) is 18.4 Å². The second-order valence-corrected chi connectivity index (χ2v) is 2.54. The zero-order valence-corrected chi connectivity index (χ0v) is 6.56. The average molecular weight is 191 g/mol. The van der Waals surface area contributed by atoms with Crippen molar-refractivity contribution in [1.82, 2.24) is 0 Å². The number of nitrogens with two attached hydrogens (primary N) is 1. The Hall–Kier alpha value is -1.63. The number of hydrogen-bond donors (Lipinski definition) is 4. The Bertz CT molecular complexity index is 232. The van der Waals surface area contributed by atoms with Crippen molar-refractivity contribution >= 4 is 17.8 Å². The molecule has 7 nitrogen and oxygen atoms in total. The second-order valence-electron chi connectivity index (χ2n) is 2.54. The molecule has 0 aliphatic carbocycles. The summed E-state index contributed by atoms with van der Waals surface area (Å²) in [6.45, 7) is 0. The lowest BCUT2D eigenvalue weighted by Gasteiger charge is -2.19. The summed E-state index contributed by atoms with van der Waals surface area (Å²) in [6.07, 6.45) is -2.04. The maximum absolute atomic E-state index is 10.5. The summed E-state index contributed by atoms with van der Waals surface area (Å²) in [4.78, 5) is 30.8. The van der Waals surface area contributed by atoms with Gasteiger partial charge in [-0.3, -0.25) is 14.4 Å². The smallest absolute Gasteiger partial charge is 0.306 e. The van der Waals surface area contributed by atoms with E-state index in [0.29, 0.717) is 0 Å². The van der Waals surface area contributed by atoms with Gasteiger partial charge in [-0.1, -0.05) is 0 Å². The van der Waals surface area contributed by atoms with Crippen molar-refractivity contribution in [2.75, 3.05) is 0 Å². The molecule has 0 aliphatic heterocycles. The third kappa shape index (κ3) is 3.52. The molecule has 0 aromatic carbocycles. The molecular formula is C6H9NO6. The number of carboxylic acid groups (broad SMARTS) is 2. The van der Waals surface area contributed by atoms with E-state index >= 15 is 0 Å². The molecule has 0 aromatic heterocycles. The SMILES string of the molecule is NC(=O)C(O)(CC(=O)O)CC(=O)O. The molecule has 0 rings (SSSR count). The zero-order chi connectivity index (χ0) is 10.6. The van der Waals surface area contributed by atoms with Crippen LogP contribution >= 0.6 is 0 Å². The molecule has 0 heterocycles. The molecular weight excluding hydrogens is 182 g/mol. The van der Waals surface area contributed by atoms with Gasteiger partial charge < -0.3 is 21.1 Å². The average Bonchev–Trinajstić information content (AvgIpc) is 1.82. The van der Waals surface area contributed by atoms with Crippen molar-refractivity contribution in [3.63, 3.8) is 0 Å². The first-order chi connectivity index (χ1) is 5.78. The van der Waals surface area contributed by atoms with Crippen LogP contribution in [0.2, 0.25) is 0 Å². The van der Waals surface area contributed by atoms with Crippen LogP contribution in [-0.2, 0) is 14.4 Å². The topological polar surface area (TPSA) is 138 Å². The first-order valence-corrected chi connectivity index (χ1v) is 3.24. The van der Waals surface area contributed by atoms with Gasteiger partial charge in [0, 0.05) is 0 Å². The van der Waals surface area contributed by atoms with Crippen molar-refractivity contribution in [1.29, 1.82) is 0 Å². The van der Waals surface area contributed by atoms with Crippen LogP contribution in [0.3, 0.4) is 0 Å². The molecule has 0 saturated carbocycles. The number of rotatable bonds is 5. The minimum Gasteiger partial charge on any atom is -0.481 e. The molecule has 74 valence electrons. The predicted octanol–water partition coefficient (Wildman–Crippen LogP) is -1.85. The Labute approximate surface area is 72.8 Å². The monoisotopic (exact) mass is 191 g/mol. The Morgan fingerprint density at radius 2 is 1.38 bits per heavy atom. The maximum Gasteiger partial charge on any atom is 0.306 e. The van der Waals surface area contributed by atoms with Gasteiger partial charge in [0.05, 0.1) is 12.8 Å². The van der Waals surface area contributed by atoms with Crippen LogP contribution in [0, 0.1) is 0 Å². The van der Waals surface area contributed by atoms with Gasteiger partial charge in [0.1, 0.15) is 0 Å². The summed E-state index contributed by atoms with van der Waals surface area (Å²) in [6, 6.07) is 0. The van der Waals surface area contributed by atoms with Gasteiger partial charge >= 0.3 is 11.9 Å². The number of amides is 1. The Morgan fingerprint density at radius 3 is 1.54 bits per heavy atom. The summed E-state index contributed by atoms with van der Waals surface area (Å²) in [5, 5.41) is 25.7. The van der Waals surface area contributed by atoms with E-state index in [9.17, 15) is 19.5 Å². The fraction of sp³-hybridized carbons (Fsp3) is 0.500. The first-order valence-electron chi connectivity index (χ1n) is 3.24. The zero-order valence-electron chi connectivity index (χ0n) is 6.56. The second kappa shape index (κ2) is 3.85. The van der Waals surface area contributed by atoms with E-state index in [-0.39, 0.29) is 0 Å². The highest BCUT2D eigenvalue weighted by molar-refractivity contribution is 5.91. The number of carbonyl (C=O) groups is 3. The molecule has 0 spiro atoms. The maximum atomic E-state index is 10.5. The molecule has 7 heteroatoms. The van der Waals surface area contributed by atoms with Gasteiger partial charge in [0.25, 0.3) is 5.91 Å². The van der Waals surface area contributed by atoms with Crippen LogP contribution in [-0.4, -0.2) is 38.8 Å². The minimum absolute atomic E-state index is 1.02. The van der Waals surface area contributed by atoms with Crippen LogP contribution < -0.4 is 5.73 Å². The Kier molecular flexibility index (Phi) is 3.37. The molecule has 5 N–H and O–H groups in total. The molecule has 0 bridgehead atoms. The van der Waals surface area contributed by atoms with Gasteiger partial charge in [-0.2, -0.15) is 0 Å². The highest BCUT2D eigenvalue weighted by atomic mass is 16.4. The quantitative estimate of drug-likeness (QED) is 0.402. The normalized spacial score (nSPS) is 10.8. The number of carboxylic acids is 2. The summed E-state index contributed by atoms with van der Waals surface area (Å²) >= 11 is 0. The van der Waals surface area contributed by atoms with Crippen LogP contribution in [0.5, 0.6) is 0 Å². The molecule has 0 atom stereocenters. The van der Waals surface area contributed by atoms with Crippen molar-refractivity contribution in [3.05, 3.63) is 0 Å². The number of aliphatic carboxylic acids is 2. The lowest BCUT2D eigenvalue weighted by atomic mass is 9.95. The van der Waals surface area contributed by atoms with E-state index in [4.69, 9.17) is 10.2 Å². The Morgan fingerprint density at radius 1 is 1.08 bits per heavy atom. The summed E-state index contributed by atoms with van der Waals surface area (Å²) in [5.41, 5.74) is 2.14. The molecule has 1 amide bonds. The summed E-state index contributed by atoms with van der Waals surface area (Å²) in [7, 11) is 0. The molecule has 0 aliphatic rings. The van der Waals surface area contributed by atoms with Crippen LogP contribution in [0.1, 0.15) is 12.8 Å². The predicted molar refractivity (Wildman–Crippen MR) is 38.6 cm³/mol. The standard InChI is InChI=1S/C6H9NO6/c7-5(12)6(13,1-3(8)9)2-4(10)11/h13H,1-2H2,(H2,7,12)(H,8,9)(H,10,11).